The van der Waals surface area contributed by atoms with Crippen LogP contribution in [0.15, 0.2) is 48.1 Å². The average Bonchev–Trinajstić information content (AvgIpc) is 3.09. The predicted molar refractivity (Wildman–Crippen MR) is 80.3 cm³/mol. The molecule has 1 aromatic rings. The quantitative estimate of drug-likeness (QED) is 0.620. The molecular formula is C17H18N2O. The van der Waals surface area contributed by atoms with Gasteiger partial charge in [0.2, 0.25) is 11.8 Å². The summed E-state index contributed by atoms with van der Waals surface area (Å²) in [6.07, 6.45) is 7.33. The van der Waals surface area contributed by atoms with Crippen molar-refractivity contribution in [1.29, 1.82) is 10.8 Å². The first-order valence-electron chi connectivity index (χ1n) is 6.81. The van der Waals surface area contributed by atoms with E-state index in [1.807, 2.05) is 37.3 Å². The fraction of sp³-hybridized carbons (Fsp3) is 0.294. The van der Waals surface area contributed by atoms with Crippen LogP contribution in [0.2, 0.25) is 0 Å². The minimum Gasteiger partial charge on any atom is -0.421 e. The van der Waals surface area contributed by atoms with Crippen molar-refractivity contribution >= 4 is 11.8 Å². The smallest absolute Gasteiger partial charge is 0.221 e. The Labute approximate surface area is 119 Å². The second kappa shape index (κ2) is 4.44. The van der Waals surface area contributed by atoms with E-state index < -0.39 is 0 Å². The van der Waals surface area contributed by atoms with E-state index in [9.17, 15) is 0 Å². The molecule has 2 atom stereocenters. The topological polar surface area (TPSA) is 56.9 Å². The van der Waals surface area contributed by atoms with Gasteiger partial charge in [-0.1, -0.05) is 42.8 Å². The van der Waals surface area contributed by atoms with Gasteiger partial charge in [0, 0.05) is 11.1 Å². The lowest BCUT2D eigenvalue weighted by atomic mass is 9.98. The molecule has 1 fully saturated rings. The Morgan fingerprint density at radius 1 is 1.20 bits per heavy atom. The number of allylic oxidation sites excluding steroid dienone is 2. The summed E-state index contributed by atoms with van der Waals surface area (Å²) < 4.78 is 5.36. The first-order valence-corrected chi connectivity index (χ1v) is 6.81. The van der Waals surface area contributed by atoms with Crippen LogP contribution in [-0.4, -0.2) is 11.8 Å². The van der Waals surface area contributed by atoms with Gasteiger partial charge >= 0.3 is 0 Å². The zero-order valence-corrected chi connectivity index (χ0v) is 11.7. The SMILES string of the molecule is Cc1ccc(C(=N)OC(=N)C2=CC3CC3(C)C=C2)cc1. The summed E-state index contributed by atoms with van der Waals surface area (Å²) in [6, 6.07) is 7.56. The van der Waals surface area contributed by atoms with Crippen LogP contribution in [0, 0.1) is 29.1 Å². The Bertz CT molecular complexity index is 639. The zero-order chi connectivity index (χ0) is 14.3. The first-order chi connectivity index (χ1) is 9.48. The van der Waals surface area contributed by atoms with E-state index in [1.165, 1.54) is 0 Å². The van der Waals surface area contributed by atoms with Crippen molar-refractivity contribution in [3.63, 3.8) is 0 Å². The molecule has 3 rings (SSSR count). The third-order valence-corrected chi connectivity index (χ3v) is 4.15. The van der Waals surface area contributed by atoms with Gasteiger partial charge in [-0.05, 0) is 36.8 Å². The molecule has 1 saturated carbocycles. The van der Waals surface area contributed by atoms with Crippen molar-refractivity contribution in [3.05, 3.63) is 59.2 Å². The van der Waals surface area contributed by atoms with Crippen LogP contribution in [0.1, 0.15) is 24.5 Å². The molecule has 2 unspecified atom stereocenters. The maximum Gasteiger partial charge on any atom is 0.221 e. The molecule has 102 valence electrons. The van der Waals surface area contributed by atoms with E-state index in [0.29, 0.717) is 16.9 Å². The molecule has 0 spiro atoms. The summed E-state index contributed by atoms with van der Waals surface area (Å²) in [4.78, 5) is 0. The number of benzene rings is 1. The van der Waals surface area contributed by atoms with Gasteiger partial charge in [0.05, 0.1) is 0 Å². The van der Waals surface area contributed by atoms with Crippen molar-refractivity contribution in [2.75, 3.05) is 0 Å². The summed E-state index contributed by atoms with van der Waals surface area (Å²) in [5, 5.41) is 15.9. The lowest BCUT2D eigenvalue weighted by molar-refractivity contribution is 0.536. The van der Waals surface area contributed by atoms with Gasteiger partial charge < -0.3 is 4.74 Å². The van der Waals surface area contributed by atoms with Gasteiger partial charge in [0.15, 0.2) is 0 Å². The molecule has 2 aliphatic rings. The van der Waals surface area contributed by atoms with E-state index >= 15 is 0 Å². The normalized spacial score (nSPS) is 26.5. The van der Waals surface area contributed by atoms with E-state index in [-0.39, 0.29) is 11.8 Å². The Balaban J connectivity index is 1.68. The van der Waals surface area contributed by atoms with Crippen molar-refractivity contribution in [3.8, 4) is 0 Å². The third-order valence-electron chi connectivity index (χ3n) is 4.15. The molecule has 2 N–H and O–H groups in total. The lowest BCUT2D eigenvalue weighted by Crippen LogP contribution is -2.15. The molecule has 2 aliphatic carbocycles. The maximum absolute atomic E-state index is 7.99. The molecular weight excluding hydrogens is 248 g/mol. The molecule has 0 amide bonds. The van der Waals surface area contributed by atoms with Gasteiger partial charge in [0.1, 0.15) is 0 Å². The average molecular weight is 266 g/mol. The fourth-order valence-electron chi connectivity index (χ4n) is 2.48. The highest BCUT2D eigenvalue weighted by Gasteiger charge is 2.48. The molecule has 3 heteroatoms. The van der Waals surface area contributed by atoms with Crippen LogP contribution in [-0.2, 0) is 4.74 Å². The Kier molecular flexibility index (Phi) is 2.85. The highest BCUT2D eigenvalue weighted by atomic mass is 16.5. The minimum atomic E-state index is 0.0217. The second-order valence-electron chi connectivity index (χ2n) is 5.90. The number of aryl methyl sites for hydroxylation is 1. The van der Waals surface area contributed by atoms with E-state index in [4.69, 9.17) is 15.6 Å². The number of hydrogen-bond donors (Lipinski definition) is 2. The van der Waals surface area contributed by atoms with Crippen molar-refractivity contribution in [1.82, 2.24) is 0 Å². The lowest BCUT2D eigenvalue weighted by Gasteiger charge is -2.13. The summed E-state index contributed by atoms with van der Waals surface area (Å²) >= 11 is 0. The summed E-state index contributed by atoms with van der Waals surface area (Å²) in [7, 11) is 0. The Hall–Kier alpha value is -2.16. The molecule has 0 aromatic heterocycles. The van der Waals surface area contributed by atoms with Gasteiger partial charge in [-0.2, -0.15) is 0 Å². The van der Waals surface area contributed by atoms with Gasteiger partial charge in [0.25, 0.3) is 0 Å². The molecule has 0 bridgehead atoms. The molecule has 20 heavy (non-hydrogen) atoms. The summed E-state index contributed by atoms with van der Waals surface area (Å²) in [6.45, 7) is 4.22. The number of ether oxygens (including phenoxy) is 1. The molecule has 0 aliphatic heterocycles. The van der Waals surface area contributed by atoms with Gasteiger partial charge in [-0.25, -0.2) is 0 Å². The van der Waals surface area contributed by atoms with Crippen LogP contribution >= 0.6 is 0 Å². The van der Waals surface area contributed by atoms with Crippen LogP contribution in [0.5, 0.6) is 0 Å². The van der Waals surface area contributed by atoms with Gasteiger partial charge in [-0.15, -0.1) is 0 Å². The molecule has 0 heterocycles. The molecule has 0 radical (unpaired) electrons. The maximum atomic E-state index is 7.99. The molecule has 3 nitrogen and oxygen atoms in total. The van der Waals surface area contributed by atoms with Crippen molar-refractivity contribution in [2.24, 2.45) is 11.3 Å². The van der Waals surface area contributed by atoms with E-state index in [2.05, 4.69) is 19.1 Å². The standard InChI is InChI=1S/C17H18N2O/c1-11-3-5-12(6-4-11)15(18)20-16(19)13-7-8-17(2)10-14(17)9-13/h3-9,14,18-19H,10H2,1-2H3. The molecule has 0 saturated heterocycles. The highest BCUT2D eigenvalue weighted by molar-refractivity contribution is 6.05. The van der Waals surface area contributed by atoms with Gasteiger partial charge in [-0.3, -0.25) is 10.8 Å². The minimum absolute atomic E-state index is 0.0217. The Morgan fingerprint density at radius 2 is 1.90 bits per heavy atom. The molecule has 1 aromatic carbocycles. The summed E-state index contributed by atoms with van der Waals surface area (Å²) in [5.41, 5.74) is 2.91. The number of nitrogens with one attached hydrogen (secondary N) is 2. The van der Waals surface area contributed by atoms with Crippen molar-refractivity contribution < 1.29 is 4.74 Å². The van der Waals surface area contributed by atoms with E-state index in [1.54, 1.807) is 0 Å². The largest absolute Gasteiger partial charge is 0.421 e. The number of rotatable bonds is 2. The van der Waals surface area contributed by atoms with Crippen LogP contribution in [0.4, 0.5) is 0 Å². The third kappa shape index (κ3) is 2.31. The van der Waals surface area contributed by atoms with Crippen LogP contribution < -0.4 is 0 Å². The predicted octanol–water partition coefficient (Wildman–Crippen LogP) is 3.84. The highest BCUT2D eigenvalue weighted by Crippen LogP contribution is 2.56. The van der Waals surface area contributed by atoms with Crippen molar-refractivity contribution in [2.45, 2.75) is 20.3 Å². The fourth-order valence-corrected chi connectivity index (χ4v) is 2.48. The van der Waals surface area contributed by atoms with Crippen LogP contribution in [0.3, 0.4) is 0 Å². The summed E-state index contributed by atoms with van der Waals surface area (Å²) in [5.74, 6) is 0.606. The van der Waals surface area contributed by atoms with E-state index in [0.717, 1.165) is 17.6 Å². The Morgan fingerprint density at radius 3 is 2.55 bits per heavy atom. The zero-order valence-electron chi connectivity index (χ0n) is 11.7. The monoisotopic (exact) mass is 266 g/mol. The second-order valence-corrected chi connectivity index (χ2v) is 5.90. The number of fused-ring (bicyclic) bond motifs is 1. The number of hydrogen-bond acceptors (Lipinski definition) is 3. The first kappa shape index (κ1) is 12.9. The van der Waals surface area contributed by atoms with Crippen LogP contribution in [0.25, 0.3) is 0 Å².